The van der Waals surface area contributed by atoms with Crippen LogP contribution in [0.15, 0.2) is 18.2 Å². The fourth-order valence-electron chi connectivity index (χ4n) is 1.16. The van der Waals surface area contributed by atoms with Crippen LogP contribution in [0, 0.1) is 11.6 Å². The van der Waals surface area contributed by atoms with E-state index in [0.717, 1.165) is 6.07 Å². The predicted octanol–water partition coefficient (Wildman–Crippen LogP) is 2.39. The summed E-state index contributed by atoms with van der Waals surface area (Å²) in [5.41, 5.74) is 2.24. The van der Waals surface area contributed by atoms with E-state index in [9.17, 15) is 8.78 Å². The van der Waals surface area contributed by atoms with Gasteiger partial charge in [-0.1, -0.05) is 13.0 Å². The van der Waals surface area contributed by atoms with Crippen molar-refractivity contribution in [1.29, 1.82) is 0 Å². The normalized spacial score (nSPS) is 12.9. The first-order chi connectivity index (χ1) is 6.19. The first kappa shape index (κ1) is 10.1. The van der Waals surface area contributed by atoms with Crippen LogP contribution in [-0.4, -0.2) is 5.21 Å². The van der Waals surface area contributed by atoms with Gasteiger partial charge >= 0.3 is 0 Å². The van der Waals surface area contributed by atoms with Crippen LogP contribution in [0.3, 0.4) is 0 Å². The predicted molar refractivity (Wildman–Crippen MR) is 44.3 cm³/mol. The van der Waals surface area contributed by atoms with Gasteiger partial charge in [-0.3, -0.25) is 0 Å². The van der Waals surface area contributed by atoms with Gasteiger partial charge in [0.1, 0.15) is 11.6 Å². The highest BCUT2D eigenvalue weighted by Crippen LogP contribution is 2.19. The molecule has 0 bridgehead atoms. The summed E-state index contributed by atoms with van der Waals surface area (Å²) in [4.78, 5) is 0. The van der Waals surface area contributed by atoms with E-state index in [4.69, 9.17) is 5.21 Å². The Morgan fingerprint density at radius 3 is 2.62 bits per heavy atom. The molecule has 0 aliphatic heterocycles. The maximum absolute atomic E-state index is 13.1. The van der Waals surface area contributed by atoms with E-state index >= 15 is 0 Å². The molecule has 0 fully saturated rings. The van der Waals surface area contributed by atoms with E-state index in [-0.39, 0.29) is 5.56 Å². The van der Waals surface area contributed by atoms with E-state index < -0.39 is 17.7 Å². The van der Waals surface area contributed by atoms with Crippen LogP contribution in [0.25, 0.3) is 0 Å². The molecule has 1 rings (SSSR count). The van der Waals surface area contributed by atoms with Crippen LogP contribution in [0.1, 0.15) is 24.9 Å². The van der Waals surface area contributed by atoms with Crippen molar-refractivity contribution in [3.8, 4) is 0 Å². The average Bonchev–Trinajstić information content (AvgIpc) is 2.10. The SMILES string of the molecule is CC[C@@H](NO)c1ccc(F)cc1F. The Hall–Kier alpha value is -1.00. The van der Waals surface area contributed by atoms with Crippen molar-refractivity contribution >= 4 is 0 Å². The van der Waals surface area contributed by atoms with Crippen molar-refractivity contribution in [2.45, 2.75) is 19.4 Å². The molecule has 0 aliphatic rings. The smallest absolute Gasteiger partial charge is 0.130 e. The fourth-order valence-corrected chi connectivity index (χ4v) is 1.16. The van der Waals surface area contributed by atoms with Crippen LogP contribution in [0.5, 0.6) is 0 Å². The van der Waals surface area contributed by atoms with Crippen molar-refractivity contribution in [3.05, 3.63) is 35.4 Å². The van der Waals surface area contributed by atoms with E-state index in [1.54, 1.807) is 6.92 Å². The van der Waals surface area contributed by atoms with Crippen LogP contribution in [0.2, 0.25) is 0 Å². The summed E-state index contributed by atoms with van der Waals surface area (Å²) in [6.45, 7) is 1.79. The van der Waals surface area contributed by atoms with E-state index in [1.165, 1.54) is 12.1 Å². The van der Waals surface area contributed by atoms with Gasteiger partial charge < -0.3 is 5.21 Å². The lowest BCUT2D eigenvalue weighted by Gasteiger charge is -2.13. The molecule has 0 aliphatic carbocycles. The molecule has 0 aromatic heterocycles. The van der Waals surface area contributed by atoms with Crippen LogP contribution in [-0.2, 0) is 0 Å². The molecule has 0 heterocycles. The van der Waals surface area contributed by atoms with Gasteiger partial charge in [0.2, 0.25) is 0 Å². The van der Waals surface area contributed by atoms with Gasteiger partial charge in [-0.2, -0.15) is 5.48 Å². The molecule has 0 radical (unpaired) electrons. The lowest BCUT2D eigenvalue weighted by molar-refractivity contribution is 0.122. The highest BCUT2D eigenvalue weighted by Gasteiger charge is 2.12. The summed E-state index contributed by atoms with van der Waals surface area (Å²) in [6, 6.07) is 2.80. The molecule has 13 heavy (non-hydrogen) atoms. The van der Waals surface area contributed by atoms with Gasteiger partial charge in [0.25, 0.3) is 0 Å². The lowest BCUT2D eigenvalue weighted by atomic mass is 10.0. The second-order valence-electron chi connectivity index (χ2n) is 2.76. The molecule has 0 saturated carbocycles. The Labute approximate surface area is 75.2 Å². The molecule has 0 amide bonds. The third kappa shape index (κ3) is 2.23. The number of hydrogen-bond acceptors (Lipinski definition) is 2. The molecule has 1 atom stereocenters. The summed E-state index contributed by atoms with van der Waals surface area (Å²) in [5, 5.41) is 8.66. The van der Waals surface area contributed by atoms with Crippen molar-refractivity contribution in [3.63, 3.8) is 0 Å². The van der Waals surface area contributed by atoms with Gasteiger partial charge in [0.15, 0.2) is 0 Å². The van der Waals surface area contributed by atoms with Gasteiger partial charge in [0.05, 0.1) is 6.04 Å². The van der Waals surface area contributed by atoms with Crippen molar-refractivity contribution in [2.75, 3.05) is 0 Å². The molecule has 1 aromatic carbocycles. The number of halogens is 2. The van der Waals surface area contributed by atoms with Gasteiger partial charge in [-0.25, -0.2) is 8.78 Å². The second kappa shape index (κ2) is 4.30. The molecule has 2 nitrogen and oxygen atoms in total. The minimum Gasteiger partial charge on any atom is -0.316 e. The molecule has 72 valence electrons. The number of hydroxylamine groups is 1. The molecule has 0 spiro atoms. The molecule has 1 aromatic rings. The lowest BCUT2D eigenvalue weighted by Crippen LogP contribution is -2.17. The molecule has 0 unspecified atom stereocenters. The first-order valence-electron chi connectivity index (χ1n) is 4.03. The zero-order valence-corrected chi connectivity index (χ0v) is 7.22. The van der Waals surface area contributed by atoms with E-state index in [1.807, 2.05) is 5.48 Å². The zero-order chi connectivity index (χ0) is 9.84. The Morgan fingerprint density at radius 1 is 1.46 bits per heavy atom. The zero-order valence-electron chi connectivity index (χ0n) is 7.22. The third-order valence-corrected chi connectivity index (χ3v) is 1.90. The highest BCUT2D eigenvalue weighted by atomic mass is 19.1. The number of hydrogen-bond donors (Lipinski definition) is 2. The monoisotopic (exact) mass is 187 g/mol. The summed E-state index contributed by atoms with van der Waals surface area (Å²) >= 11 is 0. The van der Waals surface area contributed by atoms with Crippen molar-refractivity contribution in [1.82, 2.24) is 5.48 Å². The molecule has 4 heteroatoms. The minimum absolute atomic E-state index is 0.270. The van der Waals surface area contributed by atoms with Crippen LogP contribution >= 0.6 is 0 Å². The molecule has 2 N–H and O–H groups in total. The number of benzene rings is 1. The fraction of sp³-hybridized carbons (Fsp3) is 0.333. The standard InChI is InChI=1S/C9H11F2NO/c1-2-9(12-13)7-4-3-6(10)5-8(7)11/h3-5,9,12-13H,2H2,1H3/t9-/m1/s1. The largest absolute Gasteiger partial charge is 0.316 e. The summed E-state index contributed by atoms with van der Waals surface area (Å²) in [5.74, 6) is -1.26. The van der Waals surface area contributed by atoms with Gasteiger partial charge in [-0.05, 0) is 12.5 Å². The van der Waals surface area contributed by atoms with E-state index in [0.29, 0.717) is 6.42 Å². The van der Waals surface area contributed by atoms with Crippen molar-refractivity contribution < 1.29 is 14.0 Å². The molecule has 0 saturated heterocycles. The minimum atomic E-state index is -0.645. The molecular formula is C9H11F2NO. The van der Waals surface area contributed by atoms with Gasteiger partial charge in [-0.15, -0.1) is 0 Å². The Kier molecular flexibility index (Phi) is 3.33. The molecular weight excluding hydrogens is 176 g/mol. The average molecular weight is 187 g/mol. The Balaban J connectivity index is 2.99. The highest BCUT2D eigenvalue weighted by molar-refractivity contribution is 5.21. The van der Waals surface area contributed by atoms with Crippen LogP contribution < -0.4 is 5.48 Å². The van der Waals surface area contributed by atoms with Crippen LogP contribution in [0.4, 0.5) is 8.78 Å². The third-order valence-electron chi connectivity index (χ3n) is 1.90. The van der Waals surface area contributed by atoms with E-state index in [2.05, 4.69) is 0 Å². The topological polar surface area (TPSA) is 32.3 Å². The quantitative estimate of drug-likeness (QED) is 0.712. The maximum atomic E-state index is 13.1. The first-order valence-corrected chi connectivity index (χ1v) is 4.03. The summed E-state index contributed by atoms with van der Waals surface area (Å²) in [7, 11) is 0. The number of rotatable bonds is 3. The number of nitrogens with one attached hydrogen (secondary N) is 1. The van der Waals surface area contributed by atoms with Crippen molar-refractivity contribution in [2.24, 2.45) is 0 Å². The Morgan fingerprint density at radius 2 is 2.15 bits per heavy atom. The summed E-state index contributed by atoms with van der Waals surface area (Å²) < 4.78 is 25.6. The Bertz CT molecular complexity index is 287. The summed E-state index contributed by atoms with van der Waals surface area (Å²) in [6.07, 6.45) is 0.527. The maximum Gasteiger partial charge on any atom is 0.130 e. The second-order valence-corrected chi connectivity index (χ2v) is 2.76. The van der Waals surface area contributed by atoms with Gasteiger partial charge in [0, 0.05) is 11.6 Å².